The van der Waals surface area contributed by atoms with Crippen molar-refractivity contribution in [3.05, 3.63) is 118 Å². The van der Waals surface area contributed by atoms with Crippen molar-refractivity contribution in [1.82, 2.24) is 15.6 Å². The molecule has 15 heteroatoms. The molecular formula is C45H41F5N6O3S. The third-order valence-electron chi connectivity index (χ3n) is 11.0. The molecule has 0 bridgehead atoms. The fourth-order valence-corrected chi connectivity index (χ4v) is 8.50. The number of thiocarbonyl (C=S) groups is 1. The molecule has 0 radical (unpaired) electrons. The average Bonchev–Trinajstić information content (AvgIpc) is 3.58. The van der Waals surface area contributed by atoms with Crippen LogP contribution in [0.4, 0.5) is 33.3 Å². The van der Waals surface area contributed by atoms with Crippen LogP contribution in [-0.4, -0.2) is 46.3 Å². The number of Topliss-reactive ketones (excluding diaryl/α,β-unsaturated/α-hetero) is 1. The van der Waals surface area contributed by atoms with Crippen LogP contribution in [0.2, 0.25) is 0 Å². The summed E-state index contributed by atoms with van der Waals surface area (Å²) >= 11 is 5.53. The molecule has 9 nitrogen and oxygen atoms in total. The summed E-state index contributed by atoms with van der Waals surface area (Å²) in [7, 11) is 0. The Kier molecular flexibility index (Phi) is 11.9. The van der Waals surface area contributed by atoms with Gasteiger partial charge in [-0.1, -0.05) is 37.1 Å². The Balaban J connectivity index is 0.856. The highest BCUT2D eigenvalue weighted by molar-refractivity contribution is 7.81. The molecule has 2 aliphatic rings. The zero-order chi connectivity index (χ0) is 42.9. The topological polar surface area (TPSA) is 121 Å². The van der Waals surface area contributed by atoms with Gasteiger partial charge in [-0.05, 0) is 124 Å². The summed E-state index contributed by atoms with van der Waals surface area (Å²) in [6, 6.07) is 19.1. The van der Waals surface area contributed by atoms with Gasteiger partial charge < -0.3 is 20.5 Å². The number of halogens is 5. The van der Waals surface area contributed by atoms with Gasteiger partial charge in [0.25, 0.3) is 11.8 Å². The van der Waals surface area contributed by atoms with E-state index in [4.69, 9.17) is 17.5 Å². The third-order valence-corrected chi connectivity index (χ3v) is 11.4. The minimum Gasteiger partial charge on any atom is -0.354 e. The summed E-state index contributed by atoms with van der Waals surface area (Å²) in [6.07, 6.45) is 0.382. The first-order chi connectivity index (χ1) is 28.6. The molecule has 1 saturated heterocycles. The molecule has 7 rings (SSSR count). The van der Waals surface area contributed by atoms with Crippen molar-refractivity contribution in [3.63, 3.8) is 0 Å². The van der Waals surface area contributed by atoms with Crippen LogP contribution in [-0.2, 0) is 23.9 Å². The van der Waals surface area contributed by atoms with Gasteiger partial charge in [0.05, 0.1) is 28.4 Å². The number of aromatic nitrogens is 1. The molecule has 1 aromatic heterocycles. The summed E-state index contributed by atoms with van der Waals surface area (Å²) in [5.74, 6) is -2.58. The molecule has 1 aliphatic heterocycles. The first kappa shape index (κ1) is 42.2. The van der Waals surface area contributed by atoms with E-state index in [9.17, 15) is 31.9 Å². The van der Waals surface area contributed by atoms with Gasteiger partial charge >= 0.3 is 6.18 Å². The van der Waals surface area contributed by atoms with Gasteiger partial charge in [0, 0.05) is 47.4 Å². The Morgan fingerprint density at radius 3 is 2.33 bits per heavy atom. The molecule has 4 aromatic carbocycles. The molecule has 1 fully saturated rings. The lowest BCUT2D eigenvalue weighted by molar-refractivity contribution is -0.137. The molecule has 310 valence electrons. The normalized spacial score (nSPS) is 15.1. The lowest BCUT2D eigenvalue weighted by Gasteiger charge is -2.29. The number of aryl methyl sites for hydroxylation is 1. The Bertz CT molecular complexity index is 2560. The minimum absolute atomic E-state index is 0.0258. The van der Waals surface area contributed by atoms with Crippen LogP contribution in [0.25, 0.3) is 22.2 Å². The van der Waals surface area contributed by atoms with Crippen molar-refractivity contribution in [3.8, 4) is 17.3 Å². The predicted molar refractivity (Wildman–Crippen MR) is 223 cm³/mol. The van der Waals surface area contributed by atoms with Crippen LogP contribution < -0.4 is 20.4 Å². The van der Waals surface area contributed by atoms with Gasteiger partial charge in [-0.3, -0.25) is 19.3 Å². The molecular weight excluding hydrogens is 800 g/mol. The second-order valence-electron chi connectivity index (χ2n) is 15.5. The third kappa shape index (κ3) is 8.26. The van der Waals surface area contributed by atoms with E-state index in [0.29, 0.717) is 43.1 Å². The summed E-state index contributed by atoms with van der Waals surface area (Å²) in [4.78, 5) is 44.6. The van der Waals surface area contributed by atoms with Crippen molar-refractivity contribution in [1.29, 1.82) is 5.26 Å². The second-order valence-corrected chi connectivity index (χ2v) is 15.9. The maximum atomic E-state index is 15.4. The van der Waals surface area contributed by atoms with Crippen molar-refractivity contribution < 1.29 is 36.3 Å². The predicted octanol–water partition coefficient (Wildman–Crippen LogP) is 9.52. The number of rotatable bonds is 13. The van der Waals surface area contributed by atoms with Gasteiger partial charge in [0.1, 0.15) is 17.2 Å². The summed E-state index contributed by atoms with van der Waals surface area (Å²) in [5.41, 5.74) is 1.65. The molecule has 2 heterocycles. The van der Waals surface area contributed by atoms with Gasteiger partial charge in [0.2, 0.25) is 0 Å². The molecule has 2 amide bonds. The van der Waals surface area contributed by atoms with Crippen molar-refractivity contribution in [2.75, 3.05) is 22.9 Å². The molecule has 0 atom stereocenters. The van der Waals surface area contributed by atoms with Gasteiger partial charge in [0.15, 0.2) is 10.9 Å². The maximum absolute atomic E-state index is 15.4. The molecule has 0 unspecified atom stereocenters. The van der Waals surface area contributed by atoms with E-state index in [1.807, 2.05) is 12.1 Å². The monoisotopic (exact) mass is 840 g/mol. The highest BCUT2D eigenvalue weighted by atomic mass is 32.1. The van der Waals surface area contributed by atoms with Gasteiger partial charge in [-0.25, -0.2) is 8.78 Å². The Morgan fingerprint density at radius 1 is 0.917 bits per heavy atom. The van der Waals surface area contributed by atoms with E-state index in [2.05, 4.69) is 27.8 Å². The number of nitriles is 1. The van der Waals surface area contributed by atoms with E-state index >= 15 is 4.39 Å². The van der Waals surface area contributed by atoms with Crippen molar-refractivity contribution in [2.24, 2.45) is 0 Å². The standard InChI is InChI=1S/C45H41F5N6O3S/c1-44(2)42(59)55(30-15-14-28(24-51)35(22-30)45(48,49)50)43(60)56(44)31-16-17-32(36(47)23-31)41(58)53-19-6-4-3-5-18-52-25-26-10-12-27(13-11-26)40-33-8-7-9-38(57)34-20-29(46)21-37(54-40)39(33)34/h10-17,20-23,52,54H,3-9,18-19,25H2,1-2H3,(H,53,58). The largest absolute Gasteiger partial charge is 0.417 e. The minimum atomic E-state index is -4.85. The molecule has 3 N–H and O–H groups in total. The first-order valence-electron chi connectivity index (χ1n) is 19.7. The fraction of sp³-hybridized carbons (Fsp3) is 0.311. The second kappa shape index (κ2) is 16.9. The van der Waals surface area contributed by atoms with E-state index < -0.39 is 46.3 Å². The van der Waals surface area contributed by atoms with Crippen LogP contribution in [0, 0.1) is 23.0 Å². The van der Waals surface area contributed by atoms with Gasteiger partial charge in [-0.15, -0.1) is 0 Å². The summed E-state index contributed by atoms with van der Waals surface area (Å²) in [6.45, 7) is 4.81. The number of unbranched alkanes of at least 4 members (excludes halogenated alkanes) is 3. The number of hydrogen-bond donors (Lipinski definition) is 3. The SMILES string of the molecule is CC1(C)C(=O)N(c2ccc(C#N)c(C(F)(F)F)c2)C(=S)N1c1ccc(C(=O)NCCCCCCNCc2ccc(-c3[nH]c4cc(F)cc5c4c3CCCC5=O)cc2)c(F)c1. The highest BCUT2D eigenvalue weighted by Crippen LogP contribution is 2.41. The van der Waals surface area contributed by atoms with E-state index in [1.54, 1.807) is 0 Å². The molecule has 1 aliphatic carbocycles. The number of nitrogens with one attached hydrogen (secondary N) is 3. The number of anilines is 2. The first-order valence-corrected chi connectivity index (χ1v) is 20.1. The highest BCUT2D eigenvalue weighted by Gasteiger charge is 2.51. The number of aromatic amines is 1. The number of amides is 2. The lowest BCUT2D eigenvalue weighted by atomic mass is 9.99. The van der Waals surface area contributed by atoms with E-state index in [1.165, 1.54) is 55.1 Å². The van der Waals surface area contributed by atoms with Crippen LogP contribution >= 0.6 is 12.2 Å². The zero-order valence-electron chi connectivity index (χ0n) is 32.9. The Morgan fingerprint density at radius 2 is 1.63 bits per heavy atom. The fourth-order valence-electron chi connectivity index (χ4n) is 7.98. The number of hydrogen-bond acceptors (Lipinski definition) is 6. The number of benzene rings is 4. The number of H-pyrrole nitrogens is 1. The number of carbonyl (C=O) groups excluding carboxylic acids is 3. The number of ketones is 1. The summed E-state index contributed by atoms with van der Waals surface area (Å²) in [5, 5.41) is 16.0. The smallest absolute Gasteiger partial charge is 0.354 e. The van der Waals surface area contributed by atoms with E-state index in [-0.39, 0.29) is 27.8 Å². The number of alkyl halides is 3. The Hall–Kier alpha value is -5.98. The van der Waals surface area contributed by atoms with Crippen molar-refractivity contribution in [2.45, 2.75) is 77.1 Å². The molecule has 0 saturated carbocycles. The van der Waals surface area contributed by atoms with Crippen LogP contribution in [0.1, 0.15) is 95.3 Å². The quantitative estimate of drug-likeness (QED) is 0.0614. The zero-order valence-corrected chi connectivity index (χ0v) is 33.7. The molecule has 0 spiro atoms. The molecule has 60 heavy (non-hydrogen) atoms. The number of carbonyl (C=O) groups is 3. The summed E-state index contributed by atoms with van der Waals surface area (Å²) < 4.78 is 70.7. The van der Waals surface area contributed by atoms with Crippen molar-refractivity contribution >= 4 is 57.2 Å². The Labute approximate surface area is 348 Å². The lowest BCUT2D eigenvalue weighted by Crippen LogP contribution is -2.44. The van der Waals surface area contributed by atoms with E-state index in [0.717, 1.165) is 83.5 Å². The van der Waals surface area contributed by atoms with Crippen LogP contribution in [0.3, 0.4) is 0 Å². The number of nitrogens with zero attached hydrogens (tertiary/aromatic N) is 3. The average molecular weight is 841 g/mol. The maximum Gasteiger partial charge on any atom is 0.417 e. The van der Waals surface area contributed by atoms with Gasteiger partial charge in [-0.2, -0.15) is 18.4 Å². The van der Waals surface area contributed by atoms with Crippen LogP contribution in [0.15, 0.2) is 72.8 Å². The van der Waals surface area contributed by atoms with Crippen LogP contribution in [0.5, 0.6) is 0 Å². The molecule has 5 aromatic rings.